The van der Waals surface area contributed by atoms with E-state index in [9.17, 15) is 13.4 Å². The highest BCUT2D eigenvalue weighted by Gasteiger charge is 2.25. The number of aryl methyl sites for hydroxylation is 1. The normalized spacial score (nSPS) is 12.2. The van der Waals surface area contributed by atoms with Gasteiger partial charge in [-0.15, -0.1) is 0 Å². The van der Waals surface area contributed by atoms with Gasteiger partial charge < -0.3 is 5.73 Å². The van der Waals surface area contributed by atoms with Crippen LogP contribution in [0.5, 0.6) is 0 Å². The average molecular weight is 432 g/mol. The Labute approximate surface area is 170 Å². The second-order valence-corrected chi connectivity index (χ2v) is 9.24. The number of thiol groups is 1. The van der Waals surface area contributed by atoms with Crippen LogP contribution < -0.4 is 5.73 Å². The molecule has 10 heteroatoms. The van der Waals surface area contributed by atoms with E-state index in [1.165, 1.54) is 16.4 Å². The number of aromatic nitrogens is 4. The molecule has 148 valence electrons. The molecule has 29 heavy (non-hydrogen) atoms. The number of hydrogen-bond donors (Lipinski definition) is 2. The fourth-order valence-electron chi connectivity index (χ4n) is 2.97. The highest BCUT2D eigenvalue weighted by atomic mass is 35.5. The lowest BCUT2D eigenvalue weighted by atomic mass is 10.2. The number of benzene rings is 1. The van der Waals surface area contributed by atoms with Gasteiger partial charge in [0.2, 0.25) is 5.62 Å². The number of halogens is 2. The smallest absolute Gasteiger partial charge is 0.203 e. The number of nitrogen functional groups attached to an aromatic ring is 1. The van der Waals surface area contributed by atoms with Gasteiger partial charge in [-0.3, -0.25) is 13.0 Å². The summed E-state index contributed by atoms with van der Waals surface area (Å²) in [6.45, 7) is 1.89. The summed E-state index contributed by atoms with van der Waals surface area (Å²) in [5.74, 6) is -0.993. The van der Waals surface area contributed by atoms with Gasteiger partial charge in [-0.1, -0.05) is 29.3 Å². The third kappa shape index (κ3) is 3.18. The number of rotatable bonds is 4. The Bertz CT molecular complexity index is 1310. The maximum absolute atomic E-state index is 13.8. The highest BCUT2D eigenvalue weighted by molar-refractivity contribution is 8.13. The third-order valence-electron chi connectivity index (χ3n) is 4.47. The van der Waals surface area contributed by atoms with Crippen molar-refractivity contribution in [3.05, 3.63) is 65.3 Å². The van der Waals surface area contributed by atoms with Crippen LogP contribution in [-0.4, -0.2) is 28.8 Å². The van der Waals surface area contributed by atoms with E-state index in [0.717, 1.165) is 11.8 Å². The summed E-state index contributed by atoms with van der Waals surface area (Å²) < 4.78 is 28.6. The van der Waals surface area contributed by atoms with Crippen molar-refractivity contribution < 1.29 is 13.4 Å². The molecule has 0 spiro atoms. The molecular formula is C19H15ClFN5O2S. The Morgan fingerprint density at radius 2 is 1.93 bits per heavy atom. The number of pyridine rings is 1. The van der Waals surface area contributed by atoms with E-state index in [-0.39, 0.29) is 17.3 Å². The summed E-state index contributed by atoms with van der Waals surface area (Å²) in [5, 5.41) is 0.778. The van der Waals surface area contributed by atoms with E-state index >= 15 is 0 Å². The second kappa shape index (κ2) is 7.02. The van der Waals surface area contributed by atoms with Crippen LogP contribution in [0, 0.1) is 12.7 Å². The Morgan fingerprint density at radius 3 is 2.59 bits per heavy atom. The van der Waals surface area contributed by atoms with Crippen LogP contribution in [-0.2, 0) is 14.9 Å². The van der Waals surface area contributed by atoms with E-state index in [1.54, 1.807) is 30.3 Å². The van der Waals surface area contributed by atoms with Gasteiger partial charge in [0.05, 0.1) is 11.2 Å². The minimum absolute atomic E-state index is 0.0954. The molecule has 0 unspecified atom stereocenters. The first-order chi connectivity index (χ1) is 13.8. The van der Waals surface area contributed by atoms with Gasteiger partial charge in [0.1, 0.15) is 0 Å². The zero-order valence-electron chi connectivity index (χ0n) is 15.1. The number of nitrogens with two attached hydrogens (primary N) is 1. The molecule has 0 fully saturated rings. The van der Waals surface area contributed by atoms with E-state index in [1.807, 2.05) is 6.92 Å². The molecule has 7 nitrogen and oxygen atoms in total. The molecular weight excluding hydrogens is 417 g/mol. The van der Waals surface area contributed by atoms with Crippen LogP contribution in [0.2, 0.25) is 5.02 Å². The molecule has 4 aromatic rings. The van der Waals surface area contributed by atoms with Crippen LogP contribution >= 0.6 is 11.6 Å². The van der Waals surface area contributed by atoms with Crippen molar-refractivity contribution in [3.8, 4) is 11.4 Å². The van der Waals surface area contributed by atoms with Crippen molar-refractivity contribution in [2.45, 2.75) is 11.8 Å². The lowest BCUT2D eigenvalue weighted by Gasteiger charge is -2.20. The molecule has 3 heterocycles. The number of carbonyl (C=O) groups excluding carboxylic acids is 1. The van der Waals surface area contributed by atoms with E-state index in [2.05, 4.69) is 15.0 Å². The van der Waals surface area contributed by atoms with Gasteiger partial charge in [0.25, 0.3) is 0 Å². The second-order valence-electron chi connectivity index (χ2n) is 6.40. The lowest BCUT2D eigenvalue weighted by Crippen LogP contribution is -2.23. The number of anilines is 1. The average Bonchev–Trinajstić information content (AvgIpc) is 3.09. The maximum atomic E-state index is 13.8. The largest absolute Gasteiger partial charge is 0.381 e. The summed E-state index contributed by atoms with van der Waals surface area (Å²) in [6, 6.07) is 8.40. The molecule has 0 aliphatic rings. The molecule has 0 amide bonds. The first-order valence-electron chi connectivity index (χ1n) is 8.42. The Kier molecular flexibility index (Phi) is 4.64. The highest BCUT2D eigenvalue weighted by Crippen LogP contribution is 2.34. The number of carbonyl (C=O) groups is 1. The molecule has 0 saturated heterocycles. The number of nitrogens with zero attached hydrogens (tertiary/aromatic N) is 4. The van der Waals surface area contributed by atoms with Crippen LogP contribution in [0.4, 0.5) is 10.2 Å². The van der Waals surface area contributed by atoms with Crippen LogP contribution in [0.3, 0.4) is 0 Å². The van der Waals surface area contributed by atoms with Crippen molar-refractivity contribution in [2.75, 3.05) is 5.73 Å². The van der Waals surface area contributed by atoms with Crippen molar-refractivity contribution in [3.63, 3.8) is 0 Å². The summed E-state index contributed by atoms with van der Waals surface area (Å²) >= 11 is 6.09. The minimum atomic E-state index is -3.74. The fraction of sp³-hybridized carbons (Fsp3) is 0.0526. The van der Waals surface area contributed by atoms with E-state index in [0.29, 0.717) is 26.5 Å². The molecule has 0 bridgehead atoms. The van der Waals surface area contributed by atoms with Gasteiger partial charge in [-0.25, -0.2) is 19.3 Å². The van der Waals surface area contributed by atoms with Crippen LogP contribution in [0.15, 0.2) is 53.8 Å². The molecule has 0 atom stereocenters. The predicted octanol–water partition coefficient (Wildman–Crippen LogP) is 3.21. The van der Waals surface area contributed by atoms with Crippen molar-refractivity contribution in [1.82, 2.24) is 18.9 Å². The number of fused-ring (bicyclic) bond motifs is 1. The van der Waals surface area contributed by atoms with Gasteiger partial charge in [-0.2, -0.15) is 0 Å². The molecule has 4 rings (SSSR count). The first-order valence-corrected chi connectivity index (χ1v) is 10.5. The van der Waals surface area contributed by atoms with Crippen molar-refractivity contribution >= 4 is 44.2 Å². The molecule has 0 radical (unpaired) electrons. The SMILES string of the molecule is Cc1ccc([SH](=O)(C=O)n2cc(-c3ncc(F)c(N)n3)c3cc(Cl)cnc32)cc1. The summed E-state index contributed by atoms with van der Waals surface area (Å²) in [6.07, 6.45) is 3.78. The topological polar surface area (TPSA) is 104 Å². The Hall–Kier alpha value is -3.17. The molecule has 0 aliphatic heterocycles. The van der Waals surface area contributed by atoms with Crippen molar-refractivity contribution in [2.24, 2.45) is 0 Å². The van der Waals surface area contributed by atoms with Crippen LogP contribution in [0.25, 0.3) is 22.4 Å². The molecule has 1 aromatic carbocycles. The quantitative estimate of drug-likeness (QED) is 0.380. The molecule has 2 N–H and O–H groups in total. The Balaban J connectivity index is 2.02. The minimum Gasteiger partial charge on any atom is -0.381 e. The Morgan fingerprint density at radius 1 is 1.21 bits per heavy atom. The van der Waals surface area contributed by atoms with Crippen molar-refractivity contribution in [1.29, 1.82) is 0 Å². The summed E-state index contributed by atoms with van der Waals surface area (Å²) in [7, 11) is -3.74. The van der Waals surface area contributed by atoms with E-state index in [4.69, 9.17) is 17.3 Å². The molecule has 3 aromatic heterocycles. The van der Waals surface area contributed by atoms with Gasteiger partial charge in [0.15, 0.2) is 23.1 Å². The van der Waals surface area contributed by atoms with Crippen LogP contribution in [0.1, 0.15) is 5.56 Å². The van der Waals surface area contributed by atoms with E-state index < -0.39 is 15.9 Å². The monoisotopic (exact) mass is 431 g/mol. The van der Waals surface area contributed by atoms with Gasteiger partial charge >= 0.3 is 0 Å². The standard InChI is InChI=1S/C19H15ClFN5O2S/c1-11-2-4-13(5-3-11)29(28,10-27)26-9-15(14-6-12(20)7-24-19(14)26)18-23-8-16(21)17(22)25-18/h2-10,29H,1H3,(H2,22,23,25). The number of hydrogen-bond acceptors (Lipinski definition) is 6. The fourth-order valence-corrected chi connectivity index (χ4v) is 4.91. The zero-order chi connectivity index (χ0) is 20.8. The first kappa shape index (κ1) is 19.2. The van der Waals surface area contributed by atoms with Gasteiger partial charge in [-0.05, 0) is 25.1 Å². The summed E-state index contributed by atoms with van der Waals surface area (Å²) in [5.41, 5.74) is 7.57. The predicted molar refractivity (Wildman–Crippen MR) is 111 cm³/mol. The summed E-state index contributed by atoms with van der Waals surface area (Å²) in [4.78, 5) is 24.6. The maximum Gasteiger partial charge on any atom is 0.203 e. The molecule has 0 aliphatic carbocycles. The van der Waals surface area contributed by atoms with Gasteiger partial charge in [0, 0.05) is 38.4 Å². The molecule has 0 saturated carbocycles. The zero-order valence-corrected chi connectivity index (χ0v) is 16.7. The lowest BCUT2D eigenvalue weighted by molar-refractivity contribution is 0.564. The third-order valence-corrected chi connectivity index (χ3v) is 6.95.